The zero-order chi connectivity index (χ0) is 11.1. The number of hydrogen-bond donors (Lipinski definition) is 2. The Labute approximate surface area is 89.8 Å². The van der Waals surface area contributed by atoms with Crippen LogP contribution in [0.25, 0.3) is 0 Å². The van der Waals surface area contributed by atoms with Crippen LogP contribution in [0.3, 0.4) is 0 Å². The highest BCUT2D eigenvalue weighted by Crippen LogP contribution is 2.12. The molecule has 0 spiro atoms. The molecule has 5 heteroatoms. The molecule has 15 heavy (non-hydrogen) atoms. The van der Waals surface area contributed by atoms with Gasteiger partial charge in [0.05, 0.1) is 18.7 Å². The molecule has 1 fully saturated rings. The Bertz CT molecular complexity index is 250. The Balaban J connectivity index is 2.13. The standard InChI is InChI=1S/C10H17N3O2/c1-8-6-9(2-5-15-8)13-7-10(14)12-4-3-11/h8-9,13H,2,4-7H2,1H3,(H,12,14). The minimum Gasteiger partial charge on any atom is -0.378 e. The number of carbonyl (C=O) groups is 1. The topological polar surface area (TPSA) is 74.2 Å². The minimum atomic E-state index is -0.129. The third-order valence-electron chi connectivity index (χ3n) is 2.40. The lowest BCUT2D eigenvalue weighted by molar-refractivity contribution is -0.120. The summed E-state index contributed by atoms with van der Waals surface area (Å²) in [7, 11) is 0. The summed E-state index contributed by atoms with van der Waals surface area (Å²) in [5, 5.41) is 13.9. The molecule has 1 rings (SSSR count). The van der Waals surface area contributed by atoms with Crippen molar-refractivity contribution in [1.29, 1.82) is 5.26 Å². The van der Waals surface area contributed by atoms with E-state index in [2.05, 4.69) is 10.6 Å². The van der Waals surface area contributed by atoms with Crippen molar-refractivity contribution in [1.82, 2.24) is 10.6 Å². The summed E-state index contributed by atoms with van der Waals surface area (Å²) in [4.78, 5) is 11.2. The fourth-order valence-corrected chi connectivity index (χ4v) is 1.62. The van der Waals surface area contributed by atoms with Gasteiger partial charge in [-0.1, -0.05) is 0 Å². The molecule has 1 saturated heterocycles. The summed E-state index contributed by atoms with van der Waals surface area (Å²) in [6.07, 6.45) is 2.14. The number of nitriles is 1. The van der Waals surface area contributed by atoms with E-state index in [1.165, 1.54) is 0 Å². The van der Waals surface area contributed by atoms with Crippen molar-refractivity contribution >= 4 is 5.91 Å². The summed E-state index contributed by atoms with van der Waals surface area (Å²) in [5.74, 6) is -0.129. The summed E-state index contributed by atoms with van der Waals surface area (Å²) in [6, 6.07) is 2.21. The molecule has 84 valence electrons. The van der Waals surface area contributed by atoms with Gasteiger partial charge < -0.3 is 15.4 Å². The normalized spacial score (nSPS) is 25.6. The Morgan fingerprint density at radius 1 is 1.67 bits per heavy atom. The number of rotatable bonds is 4. The molecule has 0 aliphatic carbocycles. The third-order valence-corrected chi connectivity index (χ3v) is 2.40. The highest BCUT2D eigenvalue weighted by atomic mass is 16.5. The molecule has 1 heterocycles. The van der Waals surface area contributed by atoms with Gasteiger partial charge in [-0.3, -0.25) is 4.79 Å². The van der Waals surface area contributed by atoms with Crippen molar-refractivity contribution in [3.8, 4) is 6.07 Å². The van der Waals surface area contributed by atoms with Crippen LogP contribution in [-0.4, -0.2) is 37.7 Å². The van der Waals surface area contributed by atoms with Gasteiger partial charge in [-0.05, 0) is 19.8 Å². The first-order chi connectivity index (χ1) is 7.22. The van der Waals surface area contributed by atoms with Gasteiger partial charge in [0, 0.05) is 12.6 Å². The molecule has 0 aromatic heterocycles. The molecule has 1 amide bonds. The smallest absolute Gasteiger partial charge is 0.234 e. The van der Waals surface area contributed by atoms with Crippen LogP contribution < -0.4 is 10.6 Å². The summed E-state index contributed by atoms with van der Waals surface area (Å²) in [5.41, 5.74) is 0. The van der Waals surface area contributed by atoms with Crippen LogP contribution in [0.15, 0.2) is 0 Å². The largest absolute Gasteiger partial charge is 0.378 e. The molecule has 2 unspecified atom stereocenters. The van der Waals surface area contributed by atoms with E-state index in [1.54, 1.807) is 0 Å². The molecule has 0 aromatic carbocycles. The number of carbonyl (C=O) groups excluding carboxylic acids is 1. The second-order valence-electron chi connectivity index (χ2n) is 3.72. The van der Waals surface area contributed by atoms with E-state index in [4.69, 9.17) is 10.00 Å². The number of nitrogens with one attached hydrogen (secondary N) is 2. The number of ether oxygens (including phenoxy) is 1. The van der Waals surface area contributed by atoms with Crippen molar-refractivity contribution in [2.75, 3.05) is 19.7 Å². The van der Waals surface area contributed by atoms with Gasteiger partial charge in [-0.25, -0.2) is 0 Å². The van der Waals surface area contributed by atoms with Crippen LogP contribution in [0, 0.1) is 11.3 Å². The fraction of sp³-hybridized carbons (Fsp3) is 0.800. The maximum absolute atomic E-state index is 11.2. The summed E-state index contributed by atoms with van der Waals surface area (Å²) < 4.78 is 5.40. The van der Waals surface area contributed by atoms with Gasteiger partial charge in [0.15, 0.2) is 0 Å². The number of hydrogen-bond acceptors (Lipinski definition) is 4. The van der Waals surface area contributed by atoms with Gasteiger partial charge in [-0.15, -0.1) is 0 Å². The quantitative estimate of drug-likeness (QED) is 0.631. The molecule has 0 bridgehead atoms. The maximum atomic E-state index is 11.2. The first-order valence-corrected chi connectivity index (χ1v) is 5.21. The van der Waals surface area contributed by atoms with Crippen molar-refractivity contribution in [3.05, 3.63) is 0 Å². The van der Waals surface area contributed by atoms with E-state index >= 15 is 0 Å². The third kappa shape index (κ3) is 4.77. The highest BCUT2D eigenvalue weighted by molar-refractivity contribution is 5.78. The Morgan fingerprint density at radius 2 is 2.47 bits per heavy atom. The molecular formula is C10H17N3O2. The second-order valence-corrected chi connectivity index (χ2v) is 3.72. The van der Waals surface area contributed by atoms with E-state index in [-0.39, 0.29) is 25.1 Å². The summed E-state index contributed by atoms with van der Waals surface area (Å²) in [6.45, 7) is 3.13. The summed E-state index contributed by atoms with van der Waals surface area (Å²) >= 11 is 0. The Kier molecular flexibility index (Phi) is 5.08. The van der Waals surface area contributed by atoms with Gasteiger partial charge in [0.25, 0.3) is 0 Å². The van der Waals surface area contributed by atoms with Crippen LogP contribution in [-0.2, 0) is 9.53 Å². The minimum absolute atomic E-state index is 0.0741. The van der Waals surface area contributed by atoms with E-state index in [0.29, 0.717) is 6.04 Å². The average Bonchev–Trinajstić information content (AvgIpc) is 2.23. The first kappa shape index (κ1) is 12.0. The number of amides is 1. The first-order valence-electron chi connectivity index (χ1n) is 5.21. The molecule has 5 nitrogen and oxygen atoms in total. The van der Waals surface area contributed by atoms with Crippen LogP contribution >= 0.6 is 0 Å². The van der Waals surface area contributed by atoms with E-state index in [1.807, 2.05) is 13.0 Å². The van der Waals surface area contributed by atoms with Crippen LogP contribution in [0.4, 0.5) is 0 Å². The van der Waals surface area contributed by atoms with Crippen molar-refractivity contribution in [2.24, 2.45) is 0 Å². The van der Waals surface area contributed by atoms with Gasteiger partial charge in [0.2, 0.25) is 5.91 Å². The Morgan fingerprint density at radius 3 is 3.13 bits per heavy atom. The molecule has 1 aliphatic rings. The van der Waals surface area contributed by atoms with Crippen molar-refractivity contribution in [2.45, 2.75) is 31.9 Å². The van der Waals surface area contributed by atoms with Crippen LogP contribution in [0.2, 0.25) is 0 Å². The van der Waals surface area contributed by atoms with E-state index in [9.17, 15) is 4.79 Å². The predicted octanol–water partition coefficient (Wildman–Crippen LogP) is -0.217. The lowest BCUT2D eigenvalue weighted by Crippen LogP contribution is -2.43. The molecule has 2 atom stereocenters. The maximum Gasteiger partial charge on any atom is 0.234 e. The Hall–Kier alpha value is -1.12. The zero-order valence-electron chi connectivity index (χ0n) is 8.95. The SMILES string of the molecule is CC1CC(NCC(=O)NCC#N)CCO1. The van der Waals surface area contributed by atoms with Crippen LogP contribution in [0.1, 0.15) is 19.8 Å². The van der Waals surface area contributed by atoms with Crippen molar-refractivity contribution < 1.29 is 9.53 Å². The highest BCUT2D eigenvalue weighted by Gasteiger charge is 2.19. The van der Waals surface area contributed by atoms with Gasteiger partial charge in [0.1, 0.15) is 6.54 Å². The van der Waals surface area contributed by atoms with Gasteiger partial charge in [-0.2, -0.15) is 5.26 Å². The second kappa shape index (κ2) is 6.38. The monoisotopic (exact) mass is 211 g/mol. The molecule has 0 saturated carbocycles. The molecule has 1 aliphatic heterocycles. The van der Waals surface area contributed by atoms with E-state index in [0.717, 1.165) is 19.4 Å². The van der Waals surface area contributed by atoms with E-state index < -0.39 is 0 Å². The van der Waals surface area contributed by atoms with Crippen LogP contribution in [0.5, 0.6) is 0 Å². The molecule has 0 aromatic rings. The lowest BCUT2D eigenvalue weighted by Gasteiger charge is -2.27. The number of nitrogens with zero attached hydrogens (tertiary/aromatic N) is 1. The lowest BCUT2D eigenvalue weighted by atomic mass is 10.0. The van der Waals surface area contributed by atoms with Crippen molar-refractivity contribution in [3.63, 3.8) is 0 Å². The predicted molar refractivity (Wildman–Crippen MR) is 55.1 cm³/mol. The average molecular weight is 211 g/mol. The molecular weight excluding hydrogens is 194 g/mol. The molecule has 2 N–H and O–H groups in total. The van der Waals surface area contributed by atoms with Gasteiger partial charge >= 0.3 is 0 Å². The zero-order valence-corrected chi connectivity index (χ0v) is 8.95. The fourth-order valence-electron chi connectivity index (χ4n) is 1.62. The molecule has 0 radical (unpaired) electrons.